The molecule has 0 atom stereocenters. The van der Waals surface area contributed by atoms with Crippen LogP contribution in [0.4, 0.5) is 0 Å². The van der Waals surface area contributed by atoms with Crippen LogP contribution in [0, 0.1) is 0 Å². The number of rotatable bonds is 2. The van der Waals surface area contributed by atoms with E-state index >= 15 is 0 Å². The molecule has 4 nitrogen and oxygen atoms in total. The summed E-state index contributed by atoms with van der Waals surface area (Å²) in [7, 11) is -3.34. The standard InChI is InChI=1S/C8H11NO3S2/c1-8(10)5-9(6-8)14(11,12)7-3-2-4-13-7/h2-4,10H,5-6H2,1H3. The van der Waals surface area contributed by atoms with Gasteiger partial charge in [0.1, 0.15) is 4.21 Å². The second-order valence-electron chi connectivity index (χ2n) is 3.70. The van der Waals surface area contributed by atoms with Gasteiger partial charge in [-0.05, 0) is 18.4 Å². The Kier molecular flexibility index (Phi) is 2.19. The molecule has 0 saturated carbocycles. The summed E-state index contributed by atoms with van der Waals surface area (Å²) in [5, 5.41) is 11.2. The zero-order chi connectivity index (χ0) is 10.4. The Morgan fingerprint density at radius 2 is 2.21 bits per heavy atom. The van der Waals surface area contributed by atoms with Gasteiger partial charge in [0.15, 0.2) is 0 Å². The fraction of sp³-hybridized carbons (Fsp3) is 0.500. The van der Waals surface area contributed by atoms with Crippen LogP contribution in [-0.4, -0.2) is 36.5 Å². The Hall–Kier alpha value is -0.430. The molecule has 0 spiro atoms. The van der Waals surface area contributed by atoms with Crippen LogP contribution in [0.15, 0.2) is 21.7 Å². The molecule has 1 aliphatic rings. The lowest BCUT2D eigenvalue weighted by atomic mass is 10.0. The third-order valence-corrected chi connectivity index (χ3v) is 5.29. The molecule has 78 valence electrons. The fourth-order valence-electron chi connectivity index (χ4n) is 1.42. The Balaban J connectivity index is 2.21. The van der Waals surface area contributed by atoms with Gasteiger partial charge in [-0.2, -0.15) is 4.31 Å². The number of aliphatic hydroxyl groups is 1. The molecule has 0 radical (unpaired) electrons. The van der Waals surface area contributed by atoms with Gasteiger partial charge in [-0.25, -0.2) is 8.42 Å². The van der Waals surface area contributed by atoms with Crippen LogP contribution in [-0.2, 0) is 10.0 Å². The lowest BCUT2D eigenvalue weighted by Crippen LogP contribution is -2.61. The van der Waals surface area contributed by atoms with E-state index in [4.69, 9.17) is 0 Å². The zero-order valence-electron chi connectivity index (χ0n) is 7.67. The van der Waals surface area contributed by atoms with Gasteiger partial charge in [-0.3, -0.25) is 0 Å². The predicted octanol–water partition coefficient (Wildman–Crippen LogP) is 0.503. The summed E-state index contributed by atoms with van der Waals surface area (Å²) in [5.41, 5.74) is -0.857. The number of hydrogen-bond donors (Lipinski definition) is 1. The highest BCUT2D eigenvalue weighted by atomic mass is 32.2. The van der Waals surface area contributed by atoms with Crippen LogP contribution in [0.3, 0.4) is 0 Å². The van der Waals surface area contributed by atoms with Crippen molar-refractivity contribution < 1.29 is 13.5 Å². The third-order valence-electron chi connectivity index (χ3n) is 2.12. The molecule has 0 amide bonds. The van der Waals surface area contributed by atoms with Crippen LogP contribution in [0.2, 0.25) is 0 Å². The van der Waals surface area contributed by atoms with E-state index in [0.29, 0.717) is 4.21 Å². The maximum Gasteiger partial charge on any atom is 0.252 e. The molecule has 1 aliphatic heterocycles. The number of hydrogen-bond acceptors (Lipinski definition) is 4. The van der Waals surface area contributed by atoms with Crippen molar-refractivity contribution in [2.45, 2.75) is 16.7 Å². The molecule has 1 N–H and O–H groups in total. The average Bonchev–Trinajstić information content (AvgIpc) is 2.51. The third kappa shape index (κ3) is 1.58. The molecular weight excluding hydrogens is 222 g/mol. The summed E-state index contributed by atoms with van der Waals surface area (Å²) in [5.74, 6) is 0. The largest absolute Gasteiger partial charge is 0.387 e. The summed E-state index contributed by atoms with van der Waals surface area (Å²) in [4.78, 5) is 0. The Morgan fingerprint density at radius 3 is 2.64 bits per heavy atom. The van der Waals surface area contributed by atoms with Crippen LogP contribution in [0.25, 0.3) is 0 Å². The Bertz CT molecular complexity index is 413. The van der Waals surface area contributed by atoms with Crippen LogP contribution >= 0.6 is 11.3 Å². The van der Waals surface area contributed by atoms with Crippen molar-refractivity contribution in [2.75, 3.05) is 13.1 Å². The van der Waals surface area contributed by atoms with Gasteiger partial charge in [0.05, 0.1) is 5.60 Å². The van der Waals surface area contributed by atoms with Crippen molar-refractivity contribution in [3.8, 4) is 0 Å². The molecule has 1 saturated heterocycles. The summed E-state index contributed by atoms with van der Waals surface area (Å²) in [6.45, 7) is 2.01. The maximum atomic E-state index is 11.8. The van der Waals surface area contributed by atoms with Crippen molar-refractivity contribution in [2.24, 2.45) is 0 Å². The average molecular weight is 233 g/mol. The minimum atomic E-state index is -3.34. The molecule has 0 aliphatic carbocycles. The van der Waals surface area contributed by atoms with E-state index in [1.54, 1.807) is 24.4 Å². The molecule has 6 heteroatoms. The highest BCUT2D eigenvalue weighted by Crippen LogP contribution is 2.29. The molecule has 1 aromatic rings. The Morgan fingerprint density at radius 1 is 1.57 bits per heavy atom. The van der Waals surface area contributed by atoms with Crippen molar-refractivity contribution >= 4 is 21.4 Å². The second-order valence-corrected chi connectivity index (χ2v) is 6.81. The first-order valence-electron chi connectivity index (χ1n) is 4.18. The van der Waals surface area contributed by atoms with Gasteiger partial charge in [0.2, 0.25) is 0 Å². The van der Waals surface area contributed by atoms with Gasteiger partial charge in [0, 0.05) is 13.1 Å². The molecule has 2 heterocycles. The number of β-amino-alcohol motifs (C(OH)–C–C–N with tert-alkyl or cyclic N) is 1. The first kappa shape index (κ1) is 10.1. The lowest BCUT2D eigenvalue weighted by Gasteiger charge is -2.42. The van der Waals surface area contributed by atoms with Gasteiger partial charge in [-0.1, -0.05) is 6.07 Å². The molecule has 1 fully saturated rings. The van der Waals surface area contributed by atoms with Gasteiger partial charge < -0.3 is 5.11 Å². The number of sulfonamides is 1. The topological polar surface area (TPSA) is 57.6 Å². The van der Waals surface area contributed by atoms with Crippen LogP contribution in [0.5, 0.6) is 0 Å². The summed E-state index contributed by atoms with van der Waals surface area (Å²) in [6.07, 6.45) is 0. The fourth-order valence-corrected chi connectivity index (χ4v) is 4.24. The normalized spacial score (nSPS) is 21.9. The zero-order valence-corrected chi connectivity index (χ0v) is 9.31. The first-order valence-corrected chi connectivity index (χ1v) is 6.50. The van der Waals surface area contributed by atoms with Crippen molar-refractivity contribution in [3.05, 3.63) is 17.5 Å². The van der Waals surface area contributed by atoms with Crippen LogP contribution in [0.1, 0.15) is 6.92 Å². The molecule has 14 heavy (non-hydrogen) atoms. The summed E-state index contributed by atoms with van der Waals surface area (Å²) in [6, 6.07) is 3.28. The Labute approximate surface area is 86.8 Å². The molecule has 0 unspecified atom stereocenters. The van der Waals surface area contributed by atoms with Crippen molar-refractivity contribution in [1.29, 1.82) is 0 Å². The SMILES string of the molecule is CC1(O)CN(S(=O)(=O)c2cccs2)C1. The highest BCUT2D eigenvalue weighted by molar-refractivity contribution is 7.91. The quantitative estimate of drug-likeness (QED) is 0.809. The van der Waals surface area contributed by atoms with E-state index in [0.717, 1.165) is 0 Å². The van der Waals surface area contributed by atoms with Crippen molar-refractivity contribution in [1.82, 2.24) is 4.31 Å². The molecule has 0 bridgehead atoms. The van der Waals surface area contributed by atoms with Gasteiger partial charge in [-0.15, -0.1) is 11.3 Å². The minimum Gasteiger partial charge on any atom is -0.387 e. The predicted molar refractivity (Wildman–Crippen MR) is 53.7 cm³/mol. The van der Waals surface area contributed by atoms with Gasteiger partial charge in [0.25, 0.3) is 10.0 Å². The number of nitrogens with zero attached hydrogens (tertiary/aromatic N) is 1. The summed E-state index contributed by atoms with van der Waals surface area (Å²) >= 11 is 1.20. The first-order chi connectivity index (χ1) is 6.42. The van der Waals surface area contributed by atoms with E-state index < -0.39 is 15.6 Å². The number of thiophene rings is 1. The maximum absolute atomic E-state index is 11.8. The van der Waals surface area contributed by atoms with E-state index in [1.807, 2.05) is 0 Å². The van der Waals surface area contributed by atoms with Crippen molar-refractivity contribution in [3.63, 3.8) is 0 Å². The summed E-state index contributed by atoms with van der Waals surface area (Å²) < 4.78 is 25.2. The highest BCUT2D eigenvalue weighted by Gasteiger charge is 2.44. The van der Waals surface area contributed by atoms with E-state index in [9.17, 15) is 13.5 Å². The molecular formula is C8H11NO3S2. The molecule has 1 aromatic heterocycles. The molecule has 0 aromatic carbocycles. The van der Waals surface area contributed by atoms with E-state index in [1.165, 1.54) is 15.6 Å². The smallest absolute Gasteiger partial charge is 0.252 e. The monoisotopic (exact) mass is 233 g/mol. The van der Waals surface area contributed by atoms with E-state index in [2.05, 4.69) is 0 Å². The molecule has 2 rings (SSSR count). The van der Waals surface area contributed by atoms with Crippen LogP contribution < -0.4 is 0 Å². The minimum absolute atomic E-state index is 0.188. The second kappa shape index (κ2) is 3.03. The van der Waals surface area contributed by atoms with E-state index in [-0.39, 0.29) is 13.1 Å². The lowest BCUT2D eigenvalue weighted by molar-refractivity contribution is -0.0425. The van der Waals surface area contributed by atoms with Gasteiger partial charge >= 0.3 is 0 Å².